The maximum Gasteiger partial charge on any atom is 0.191 e. The molecule has 6 nitrogen and oxygen atoms in total. The number of aromatic nitrogens is 2. The van der Waals surface area contributed by atoms with Gasteiger partial charge in [0.2, 0.25) is 0 Å². The molecule has 1 aliphatic heterocycles. The van der Waals surface area contributed by atoms with Crippen molar-refractivity contribution in [3.05, 3.63) is 30.1 Å². The van der Waals surface area contributed by atoms with Gasteiger partial charge in [0.1, 0.15) is 5.82 Å². The van der Waals surface area contributed by atoms with Gasteiger partial charge < -0.3 is 20.5 Å². The molecule has 0 saturated carbocycles. The van der Waals surface area contributed by atoms with E-state index in [4.69, 9.17) is 4.99 Å². The van der Waals surface area contributed by atoms with Gasteiger partial charge in [-0.2, -0.15) is 0 Å². The van der Waals surface area contributed by atoms with Gasteiger partial charge in [0.25, 0.3) is 0 Å². The number of likely N-dealkylation sites (tertiary alicyclic amines) is 1. The van der Waals surface area contributed by atoms with Crippen molar-refractivity contribution in [3.63, 3.8) is 0 Å². The highest BCUT2D eigenvalue weighted by Gasteiger charge is 2.09. The molecule has 2 heterocycles. The lowest BCUT2D eigenvalue weighted by Gasteiger charge is -2.26. The van der Waals surface area contributed by atoms with Crippen LogP contribution in [0, 0.1) is 0 Å². The number of aromatic amines is 1. The molecule has 0 atom stereocenters. The van der Waals surface area contributed by atoms with E-state index >= 15 is 0 Å². The Hall–Kier alpha value is -2.08. The lowest BCUT2D eigenvalue weighted by atomic mass is 10.1. The summed E-state index contributed by atoms with van der Waals surface area (Å²) < 4.78 is 0. The van der Waals surface area contributed by atoms with Crippen LogP contribution >= 0.6 is 0 Å². The van der Waals surface area contributed by atoms with Crippen LogP contribution in [0.2, 0.25) is 0 Å². The molecule has 3 N–H and O–H groups in total. The van der Waals surface area contributed by atoms with Crippen molar-refractivity contribution in [2.75, 3.05) is 39.3 Å². The summed E-state index contributed by atoms with van der Waals surface area (Å²) in [6.45, 7) is 8.34. The number of imidazole rings is 1. The fourth-order valence-electron chi connectivity index (χ4n) is 3.42. The van der Waals surface area contributed by atoms with Crippen LogP contribution < -0.4 is 10.6 Å². The number of hydrogen-bond donors (Lipinski definition) is 3. The lowest BCUT2D eigenvalue weighted by molar-refractivity contribution is 0.232. The summed E-state index contributed by atoms with van der Waals surface area (Å²) in [5.74, 6) is 1.97. The Morgan fingerprint density at radius 2 is 2.04 bits per heavy atom. The number of aliphatic imine (C=N–C) groups is 1. The third-order valence-electron chi connectivity index (χ3n) is 4.79. The van der Waals surface area contributed by atoms with Gasteiger partial charge in [-0.25, -0.2) is 4.98 Å². The van der Waals surface area contributed by atoms with Gasteiger partial charge in [0.05, 0.1) is 11.0 Å². The molecule has 3 rings (SSSR count). The molecular weight excluding hydrogens is 324 g/mol. The number of benzene rings is 1. The molecule has 6 heteroatoms. The first kappa shape index (κ1) is 18.7. The molecule has 142 valence electrons. The first-order valence-electron chi connectivity index (χ1n) is 10.0. The Bertz CT molecular complexity index is 653. The summed E-state index contributed by atoms with van der Waals surface area (Å²) in [6, 6.07) is 8.17. The molecule has 1 aliphatic rings. The predicted molar refractivity (Wildman–Crippen MR) is 109 cm³/mol. The molecule has 0 unspecified atom stereocenters. The van der Waals surface area contributed by atoms with Crippen molar-refractivity contribution in [2.24, 2.45) is 4.99 Å². The van der Waals surface area contributed by atoms with Crippen molar-refractivity contribution in [2.45, 2.75) is 39.0 Å². The van der Waals surface area contributed by atoms with E-state index in [1.54, 1.807) is 0 Å². The summed E-state index contributed by atoms with van der Waals surface area (Å²) in [5.41, 5.74) is 2.15. The topological polar surface area (TPSA) is 68.3 Å². The van der Waals surface area contributed by atoms with E-state index in [9.17, 15) is 0 Å². The maximum absolute atomic E-state index is 4.70. The monoisotopic (exact) mass is 356 g/mol. The van der Waals surface area contributed by atoms with Crippen LogP contribution in [0.1, 0.15) is 38.4 Å². The van der Waals surface area contributed by atoms with E-state index in [-0.39, 0.29) is 0 Å². The van der Waals surface area contributed by atoms with E-state index in [2.05, 4.69) is 38.5 Å². The highest BCUT2D eigenvalue weighted by molar-refractivity contribution is 5.79. The largest absolute Gasteiger partial charge is 0.357 e. The molecule has 26 heavy (non-hydrogen) atoms. The van der Waals surface area contributed by atoms with Gasteiger partial charge in [0, 0.05) is 32.6 Å². The molecule has 2 aromatic rings. The van der Waals surface area contributed by atoms with E-state index in [1.165, 1.54) is 32.4 Å². The zero-order valence-electron chi connectivity index (χ0n) is 15.9. The van der Waals surface area contributed by atoms with Crippen LogP contribution in [0.25, 0.3) is 11.0 Å². The number of fused-ring (bicyclic) bond motifs is 1. The van der Waals surface area contributed by atoms with Gasteiger partial charge in [-0.1, -0.05) is 18.6 Å². The molecule has 0 spiro atoms. The average molecular weight is 357 g/mol. The highest BCUT2D eigenvalue weighted by atomic mass is 15.2. The zero-order chi connectivity index (χ0) is 18.0. The fraction of sp³-hybridized carbons (Fsp3) is 0.600. The molecule has 1 aromatic carbocycles. The second kappa shape index (κ2) is 10.2. The van der Waals surface area contributed by atoms with Crippen LogP contribution in [-0.4, -0.2) is 60.1 Å². The average Bonchev–Trinajstić information content (AvgIpc) is 3.09. The quantitative estimate of drug-likeness (QED) is 0.386. The number of nitrogens with one attached hydrogen (secondary N) is 3. The van der Waals surface area contributed by atoms with Crippen molar-refractivity contribution >= 4 is 17.0 Å². The Kier molecular flexibility index (Phi) is 7.31. The van der Waals surface area contributed by atoms with Crippen molar-refractivity contribution in [1.29, 1.82) is 0 Å². The van der Waals surface area contributed by atoms with Crippen molar-refractivity contribution in [3.8, 4) is 0 Å². The van der Waals surface area contributed by atoms with Crippen molar-refractivity contribution < 1.29 is 0 Å². The molecule has 1 fully saturated rings. The summed E-state index contributed by atoms with van der Waals surface area (Å²) in [6.07, 6.45) is 5.99. The van der Waals surface area contributed by atoms with Crippen LogP contribution in [0.4, 0.5) is 0 Å². The lowest BCUT2D eigenvalue weighted by Crippen LogP contribution is -2.42. The van der Waals surface area contributed by atoms with Crippen LogP contribution in [0.3, 0.4) is 0 Å². The number of H-pyrrole nitrogens is 1. The van der Waals surface area contributed by atoms with Crippen LogP contribution in [0.15, 0.2) is 29.3 Å². The minimum atomic E-state index is 0.802. The van der Waals surface area contributed by atoms with Crippen molar-refractivity contribution in [1.82, 2.24) is 25.5 Å². The zero-order valence-corrected chi connectivity index (χ0v) is 15.9. The number of para-hydroxylation sites is 2. The highest BCUT2D eigenvalue weighted by Crippen LogP contribution is 2.11. The second-order valence-electron chi connectivity index (χ2n) is 6.89. The Morgan fingerprint density at radius 3 is 2.85 bits per heavy atom. The third kappa shape index (κ3) is 5.73. The minimum absolute atomic E-state index is 0.802. The van der Waals surface area contributed by atoms with Gasteiger partial charge in [0.15, 0.2) is 5.96 Å². The number of rotatable bonds is 8. The van der Waals surface area contributed by atoms with E-state index in [0.717, 1.165) is 61.8 Å². The molecular formula is C20H32N6. The van der Waals surface area contributed by atoms with Gasteiger partial charge in [-0.15, -0.1) is 0 Å². The fourth-order valence-corrected chi connectivity index (χ4v) is 3.42. The molecule has 0 amide bonds. The van der Waals surface area contributed by atoms with E-state index in [0.29, 0.717) is 0 Å². The van der Waals surface area contributed by atoms with E-state index in [1.807, 2.05) is 18.2 Å². The number of hydrogen-bond acceptors (Lipinski definition) is 3. The van der Waals surface area contributed by atoms with Crippen LogP contribution in [-0.2, 0) is 6.42 Å². The first-order valence-corrected chi connectivity index (χ1v) is 10.0. The smallest absolute Gasteiger partial charge is 0.191 e. The number of aryl methyl sites for hydroxylation is 1. The maximum atomic E-state index is 4.70. The van der Waals surface area contributed by atoms with Crippen LogP contribution in [0.5, 0.6) is 0 Å². The molecule has 0 radical (unpaired) electrons. The van der Waals surface area contributed by atoms with Gasteiger partial charge in [-0.05, 0) is 51.4 Å². The number of guanidine groups is 1. The third-order valence-corrected chi connectivity index (χ3v) is 4.79. The summed E-state index contributed by atoms with van der Waals surface area (Å²) in [4.78, 5) is 15.3. The van der Waals surface area contributed by atoms with Gasteiger partial charge >= 0.3 is 0 Å². The summed E-state index contributed by atoms with van der Waals surface area (Å²) >= 11 is 0. The Labute approximate surface area is 156 Å². The Morgan fingerprint density at radius 1 is 1.19 bits per heavy atom. The standard InChI is InChI=1S/C20H32N6/c1-2-21-20(23-13-16-26-14-6-3-7-15-26)22-12-8-11-19-24-17-9-4-5-10-18(17)25-19/h4-5,9-10H,2-3,6-8,11-16H2,1H3,(H,24,25)(H2,21,22,23). The minimum Gasteiger partial charge on any atom is -0.357 e. The summed E-state index contributed by atoms with van der Waals surface area (Å²) in [7, 11) is 0. The molecule has 1 saturated heterocycles. The molecule has 1 aromatic heterocycles. The van der Waals surface area contributed by atoms with E-state index < -0.39 is 0 Å². The first-order chi connectivity index (χ1) is 12.8. The predicted octanol–water partition coefficient (Wildman–Crippen LogP) is 2.54. The van der Waals surface area contributed by atoms with Gasteiger partial charge in [-0.3, -0.25) is 4.99 Å². The summed E-state index contributed by atoms with van der Waals surface area (Å²) in [5, 5.41) is 6.80. The second-order valence-corrected chi connectivity index (χ2v) is 6.89. The normalized spacial score (nSPS) is 16.1. The molecule has 0 aliphatic carbocycles. The Balaban J connectivity index is 1.40. The number of piperidine rings is 1. The molecule has 0 bridgehead atoms. The SMILES string of the molecule is CCNC(=NCCCc1nc2ccccc2[nH]1)NCCN1CCCCC1. The number of nitrogens with zero attached hydrogens (tertiary/aromatic N) is 3.